The van der Waals surface area contributed by atoms with Gasteiger partial charge in [0.2, 0.25) is 0 Å². The molecule has 0 aliphatic heterocycles. The molecule has 0 bridgehead atoms. The van der Waals surface area contributed by atoms with Gasteiger partial charge < -0.3 is 9.47 Å². The highest BCUT2D eigenvalue weighted by atomic mass is 16.5. The first-order valence-electron chi connectivity index (χ1n) is 7.16. The predicted octanol–water partition coefficient (Wildman–Crippen LogP) is 3.38. The molecule has 0 radical (unpaired) electrons. The lowest BCUT2D eigenvalue weighted by Crippen LogP contribution is -2.10. The molecule has 0 fully saturated rings. The van der Waals surface area contributed by atoms with E-state index in [1.54, 1.807) is 0 Å². The molecule has 21 heavy (non-hydrogen) atoms. The van der Waals surface area contributed by atoms with Gasteiger partial charge in [-0.05, 0) is 11.1 Å². The van der Waals surface area contributed by atoms with Crippen molar-refractivity contribution in [3.05, 3.63) is 71.8 Å². The number of carbonyl (C=O) groups excluding carboxylic acids is 1. The number of hydrogen-bond donors (Lipinski definition) is 0. The number of ether oxygens (including phenoxy) is 2. The van der Waals surface area contributed by atoms with Crippen LogP contribution in [0.4, 0.5) is 0 Å². The van der Waals surface area contributed by atoms with E-state index in [-0.39, 0.29) is 5.97 Å². The SMILES string of the molecule is O=C(CCOCc1ccccc1)OCCc1ccccc1. The van der Waals surface area contributed by atoms with Crippen molar-refractivity contribution in [1.82, 2.24) is 0 Å². The van der Waals surface area contributed by atoms with E-state index in [0.29, 0.717) is 26.2 Å². The van der Waals surface area contributed by atoms with Crippen LogP contribution in [0.1, 0.15) is 17.5 Å². The lowest BCUT2D eigenvalue weighted by molar-refractivity contribution is -0.144. The molecule has 2 aromatic rings. The van der Waals surface area contributed by atoms with Gasteiger partial charge in [-0.1, -0.05) is 60.7 Å². The zero-order chi connectivity index (χ0) is 14.8. The normalized spacial score (nSPS) is 10.3. The summed E-state index contributed by atoms with van der Waals surface area (Å²) in [6.07, 6.45) is 1.04. The van der Waals surface area contributed by atoms with E-state index >= 15 is 0 Å². The van der Waals surface area contributed by atoms with Crippen molar-refractivity contribution in [3.8, 4) is 0 Å². The van der Waals surface area contributed by atoms with Crippen LogP contribution in [0.3, 0.4) is 0 Å². The monoisotopic (exact) mass is 284 g/mol. The second kappa shape index (κ2) is 8.93. The number of benzene rings is 2. The Labute approximate surface area is 125 Å². The molecule has 0 unspecified atom stereocenters. The Hall–Kier alpha value is -2.13. The first kappa shape index (κ1) is 15.3. The first-order valence-corrected chi connectivity index (χ1v) is 7.16. The highest BCUT2D eigenvalue weighted by Gasteiger charge is 2.03. The zero-order valence-electron chi connectivity index (χ0n) is 12.0. The van der Waals surface area contributed by atoms with Crippen LogP contribution in [0, 0.1) is 0 Å². The Morgan fingerprint density at radius 3 is 2.10 bits per heavy atom. The number of hydrogen-bond acceptors (Lipinski definition) is 3. The van der Waals surface area contributed by atoms with Crippen molar-refractivity contribution in [3.63, 3.8) is 0 Å². The predicted molar refractivity (Wildman–Crippen MR) is 81.8 cm³/mol. The van der Waals surface area contributed by atoms with Gasteiger partial charge in [0.05, 0.1) is 26.2 Å². The molecule has 0 heterocycles. The maximum Gasteiger partial charge on any atom is 0.308 e. The molecule has 3 nitrogen and oxygen atoms in total. The van der Waals surface area contributed by atoms with Crippen LogP contribution < -0.4 is 0 Å². The molecule has 110 valence electrons. The Bertz CT molecular complexity index is 523. The van der Waals surface area contributed by atoms with E-state index in [4.69, 9.17) is 9.47 Å². The zero-order valence-corrected chi connectivity index (χ0v) is 12.0. The minimum absolute atomic E-state index is 0.209. The average Bonchev–Trinajstić information content (AvgIpc) is 2.54. The molecular weight excluding hydrogens is 264 g/mol. The van der Waals surface area contributed by atoms with Gasteiger partial charge in [0.25, 0.3) is 0 Å². The summed E-state index contributed by atoms with van der Waals surface area (Å²) in [4.78, 5) is 11.5. The Morgan fingerprint density at radius 1 is 0.810 bits per heavy atom. The van der Waals surface area contributed by atoms with Gasteiger partial charge >= 0.3 is 5.97 Å². The first-order chi connectivity index (χ1) is 10.3. The lowest BCUT2D eigenvalue weighted by atomic mass is 10.2. The summed E-state index contributed by atoms with van der Waals surface area (Å²) in [7, 11) is 0. The number of rotatable bonds is 8. The summed E-state index contributed by atoms with van der Waals surface area (Å²) < 4.78 is 10.6. The third-order valence-corrected chi connectivity index (χ3v) is 3.06. The highest BCUT2D eigenvalue weighted by molar-refractivity contribution is 5.69. The summed E-state index contributed by atoms with van der Waals surface area (Å²) in [5, 5.41) is 0. The van der Waals surface area contributed by atoms with Gasteiger partial charge in [0.1, 0.15) is 0 Å². The maximum absolute atomic E-state index is 11.5. The van der Waals surface area contributed by atoms with Crippen LogP contribution in [-0.4, -0.2) is 19.2 Å². The second-order valence-electron chi connectivity index (χ2n) is 4.74. The van der Waals surface area contributed by atoms with Crippen LogP contribution in [0.2, 0.25) is 0 Å². The van der Waals surface area contributed by atoms with Crippen molar-refractivity contribution in [2.24, 2.45) is 0 Å². The van der Waals surface area contributed by atoms with Gasteiger partial charge in [-0.3, -0.25) is 4.79 Å². The molecule has 0 atom stereocenters. The molecule has 0 aromatic heterocycles. The molecule has 2 aromatic carbocycles. The molecule has 0 saturated heterocycles. The van der Waals surface area contributed by atoms with E-state index in [2.05, 4.69) is 0 Å². The van der Waals surface area contributed by atoms with Gasteiger partial charge in [-0.15, -0.1) is 0 Å². The van der Waals surface area contributed by atoms with Crippen molar-refractivity contribution >= 4 is 5.97 Å². The van der Waals surface area contributed by atoms with Crippen LogP contribution in [0.5, 0.6) is 0 Å². The average molecular weight is 284 g/mol. The summed E-state index contributed by atoms with van der Waals surface area (Å²) >= 11 is 0. The maximum atomic E-state index is 11.5. The fourth-order valence-corrected chi connectivity index (χ4v) is 1.92. The molecule has 2 rings (SSSR count). The van der Waals surface area contributed by atoms with Crippen LogP contribution >= 0.6 is 0 Å². The van der Waals surface area contributed by atoms with E-state index in [0.717, 1.165) is 12.0 Å². The Kier molecular flexibility index (Phi) is 6.49. The van der Waals surface area contributed by atoms with Crippen molar-refractivity contribution in [2.75, 3.05) is 13.2 Å². The minimum atomic E-state index is -0.209. The second-order valence-corrected chi connectivity index (χ2v) is 4.74. The minimum Gasteiger partial charge on any atom is -0.465 e. The van der Waals surface area contributed by atoms with Crippen molar-refractivity contribution in [1.29, 1.82) is 0 Å². The topological polar surface area (TPSA) is 35.5 Å². The van der Waals surface area contributed by atoms with Gasteiger partial charge in [-0.25, -0.2) is 0 Å². The third kappa shape index (κ3) is 6.23. The standard InChI is InChI=1S/C18H20O3/c19-18(21-14-11-16-7-3-1-4-8-16)12-13-20-15-17-9-5-2-6-10-17/h1-10H,11-15H2. The van der Waals surface area contributed by atoms with Gasteiger partial charge in [0.15, 0.2) is 0 Å². The summed E-state index contributed by atoms with van der Waals surface area (Å²) in [6.45, 7) is 1.33. The molecule has 0 aliphatic carbocycles. The largest absolute Gasteiger partial charge is 0.465 e. The van der Waals surface area contributed by atoms with E-state index in [9.17, 15) is 4.79 Å². The summed E-state index contributed by atoms with van der Waals surface area (Å²) in [6, 6.07) is 19.9. The van der Waals surface area contributed by atoms with Crippen LogP contribution in [0.15, 0.2) is 60.7 Å². The summed E-state index contributed by atoms with van der Waals surface area (Å²) in [5.41, 5.74) is 2.28. The Balaban J connectivity index is 1.54. The molecule has 0 spiro atoms. The summed E-state index contributed by atoms with van der Waals surface area (Å²) in [5.74, 6) is -0.209. The van der Waals surface area contributed by atoms with Crippen LogP contribution in [-0.2, 0) is 27.3 Å². The molecule has 3 heteroatoms. The fourth-order valence-electron chi connectivity index (χ4n) is 1.92. The number of carbonyl (C=O) groups is 1. The fraction of sp³-hybridized carbons (Fsp3) is 0.278. The van der Waals surface area contributed by atoms with E-state index in [1.807, 2.05) is 60.7 Å². The van der Waals surface area contributed by atoms with Gasteiger partial charge in [0, 0.05) is 6.42 Å². The van der Waals surface area contributed by atoms with Gasteiger partial charge in [-0.2, -0.15) is 0 Å². The Morgan fingerprint density at radius 2 is 1.43 bits per heavy atom. The van der Waals surface area contributed by atoms with Crippen molar-refractivity contribution in [2.45, 2.75) is 19.4 Å². The molecule has 0 amide bonds. The van der Waals surface area contributed by atoms with E-state index < -0.39 is 0 Å². The smallest absolute Gasteiger partial charge is 0.308 e. The molecule has 0 aliphatic rings. The lowest BCUT2D eigenvalue weighted by Gasteiger charge is -2.06. The highest BCUT2D eigenvalue weighted by Crippen LogP contribution is 2.02. The molecule has 0 N–H and O–H groups in total. The van der Waals surface area contributed by atoms with Crippen LogP contribution in [0.25, 0.3) is 0 Å². The quantitative estimate of drug-likeness (QED) is 0.550. The molecule has 0 saturated carbocycles. The van der Waals surface area contributed by atoms with Crippen molar-refractivity contribution < 1.29 is 14.3 Å². The van der Waals surface area contributed by atoms with E-state index in [1.165, 1.54) is 5.56 Å². The molecular formula is C18H20O3. The number of esters is 1. The third-order valence-electron chi connectivity index (χ3n) is 3.06.